The minimum Gasteiger partial charge on any atom is -0.481 e. The van der Waals surface area contributed by atoms with Gasteiger partial charge in [-0.2, -0.15) is 0 Å². The molecule has 2 nitrogen and oxygen atoms in total. The highest BCUT2D eigenvalue weighted by molar-refractivity contribution is 8.00. The number of carbonyl (C=O) groups is 1. The molecule has 2 fully saturated rings. The molecule has 18 heavy (non-hydrogen) atoms. The van der Waals surface area contributed by atoms with E-state index in [-0.39, 0.29) is 0 Å². The Morgan fingerprint density at radius 3 is 2.56 bits per heavy atom. The molecular formula is C14H15ClO2S. The number of halogens is 1. The molecule has 2 aliphatic rings. The van der Waals surface area contributed by atoms with Gasteiger partial charge in [0.05, 0.1) is 10.4 Å². The molecule has 1 aromatic rings. The van der Waals surface area contributed by atoms with Crippen molar-refractivity contribution < 1.29 is 9.90 Å². The van der Waals surface area contributed by atoms with Crippen LogP contribution in [0.1, 0.15) is 37.7 Å². The second kappa shape index (κ2) is 4.46. The SMILES string of the molecule is O=C(O)C1(c2ccc(SC3CC3)c(Cl)c2)CCC1. The Kier molecular flexibility index (Phi) is 3.07. The zero-order valence-corrected chi connectivity index (χ0v) is 11.6. The quantitative estimate of drug-likeness (QED) is 0.903. The molecule has 0 spiro atoms. The van der Waals surface area contributed by atoms with Crippen LogP contribution in [0, 0.1) is 0 Å². The minimum atomic E-state index is -0.715. The van der Waals surface area contributed by atoms with Gasteiger partial charge in [0.25, 0.3) is 0 Å². The molecule has 1 N–H and O–H groups in total. The predicted octanol–water partition coefficient (Wildman–Crippen LogP) is 4.10. The molecule has 2 aliphatic carbocycles. The van der Waals surface area contributed by atoms with Gasteiger partial charge < -0.3 is 5.11 Å². The van der Waals surface area contributed by atoms with E-state index in [0.29, 0.717) is 10.3 Å². The van der Waals surface area contributed by atoms with E-state index in [0.717, 1.165) is 29.7 Å². The summed E-state index contributed by atoms with van der Waals surface area (Å²) in [6, 6.07) is 5.80. The second-order valence-electron chi connectivity index (χ2n) is 5.20. The zero-order valence-electron chi connectivity index (χ0n) is 9.99. The Hall–Kier alpha value is -0.670. The third kappa shape index (κ3) is 2.04. The highest BCUT2D eigenvalue weighted by Gasteiger charge is 2.46. The third-order valence-corrected chi connectivity index (χ3v) is 5.76. The molecule has 0 amide bonds. The molecular weight excluding hydrogens is 268 g/mol. The van der Waals surface area contributed by atoms with Crippen molar-refractivity contribution in [3.8, 4) is 0 Å². The summed E-state index contributed by atoms with van der Waals surface area (Å²) in [6.45, 7) is 0. The van der Waals surface area contributed by atoms with Crippen molar-refractivity contribution >= 4 is 29.3 Å². The molecule has 0 aromatic heterocycles. The van der Waals surface area contributed by atoms with Gasteiger partial charge in [-0.1, -0.05) is 24.1 Å². The Bertz CT molecular complexity index is 493. The van der Waals surface area contributed by atoms with Gasteiger partial charge in [-0.15, -0.1) is 11.8 Å². The van der Waals surface area contributed by atoms with Crippen LogP contribution in [0.2, 0.25) is 5.02 Å². The van der Waals surface area contributed by atoms with Crippen LogP contribution in [0.15, 0.2) is 23.1 Å². The Morgan fingerprint density at radius 2 is 2.11 bits per heavy atom. The summed E-state index contributed by atoms with van der Waals surface area (Å²) in [4.78, 5) is 12.5. The second-order valence-corrected chi connectivity index (χ2v) is 6.95. The molecule has 0 aliphatic heterocycles. The first-order valence-electron chi connectivity index (χ1n) is 6.32. The smallest absolute Gasteiger partial charge is 0.314 e. The van der Waals surface area contributed by atoms with Gasteiger partial charge in [-0.25, -0.2) is 0 Å². The van der Waals surface area contributed by atoms with Crippen LogP contribution in [-0.4, -0.2) is 16.3 Å². The number of aliphatic carboxylic acids is 1. The Labute approximate surface area is 116 Å². The Balaban J connectivity index is 1.88. The maximum absolute atomic E-state index is 11.4. The average molecular weight is 283 g/mol. The number of hydrogen-bond donors (Lipinski definition) is 1. The van der Waals surface area contributed by atoms with E-state index in [2.05, 4.69) is 0 Å². The lowest BCUT2D eigenvalue weighted by Crippen LogP contribution is -2.42. The minimum absolute atomic E-state index is 0.674. The van der Waals surface area contributed by atoms with Crippen molar-refractivity contribution in [3.05, 3.63) is 28.8 Å². The normalized spacial score (nSPS) is 21.4. The van der Waals surface area contributed by atoms with Crippen LogP contribution in [0.5, 0.6) is 0 Å². The predicted molar refractivity (Wildman–Crippen MR) is 73.5 cm³/mol. The lowest BCUT2D eigenvalue weighted by Gasteiger charge is -2.38. The van der Waals surface area contributed by atoms with Gasteiger partial charge in [0.2, 0.25) is 0 Å². The summed E-state index contributed by atoms with van der Waals surface area (Å²) in [6.07, 6.45) is 4.98. The summed E-state index contributed by atoms with van der Waals surface area (Å²) in [5.41, 5.74) is 0.193. The highest BCUT2D eigenvalue weighted by atomic mass is 35.5. The van der Waals surface area contributed by atoms with Crippen LogP contribution >= 0.6 is 23.4 Å². The third-order valence-electron chi connectivity index (χ3n) is 3.92. The van der Waals surface area contributed by atoms with Crippen LogP contribution in [-0.2, 0) is 10.2 Å². The molecule has 0 bridgehead atoms. The number of carboxylic acid groups (broad SMARTS) is 1. The van der Waals surface area contributed by atoms with Crippen LogP contribution in [0.25, 0.3) is 0 Å². The van der Waals surface area contributed by atoms with Crippen molar-refractivity contribution in [1.82, 2.24) is 0 Å². The van der Waals surface area contributed by atoms with Crippen LogP contribution in [0.3, 0.4) is 0 Å². The fourth-order valence-electron chi connectivity index (χ4n) is 2.42. The van der Waals surface area contributed by atoms with Crippen LogP contribution < -0.4 is 0 Å². The van der Waals surface area contributed by atoms with Gasteiger partial charge >= 0.3 is 5.97 Å². The molecule has 0 atom stereocenters. The monoisotopic (exact) mass is 282 g/mol. The molecule has 2 saturated carbocycles. The first-order chi connectivity index (χ1) is 8.62. The largest absolute Gasteiger partial charge is 0.481 e. The number of hydrogen-bond acceptors (Lipinski definition) is 2. The summed E-state index contributed by atoms with van der Waals surface area (Å²) in [5, 5.41) is 10.8. The van der Waals surface area contributed by atoms with Crippen molar-refractivity contribution in [3.63, 3.8) is 0 Å². The van der Waals surface area contributed by atoms with E-state index < -0.39 is 11.4 Å². The van der Waals surface area contributed by atoms with Gasteiger partial charge in [0.15, 0.2) is 0 Å². The number of rotatable bonds is 4. The van der Waals surface area contributed by atoms with E-state index in [1.54, 1.807) is 0 Å². The zero-order chi connectivity index (χ0) is 12.8. The fourth-order valence-corrected chi connectivity index (χ4v) is 3.78. The molecule has 1 aromatic carbocycles. The lowest BCUT2D eigenvalue weighted by atomic mass is 9.64. The van der Waals surface area contributed by atoms with E-state index >= 15 is 0 Å². The van der Waals surface area contributed by atoms with E-state index in [9.17, 15) is 9.90 Å². The van der Waals surface area contributed by atoms with Crippen LogP contribution in [0.4, 0.5) is 0 Å². The van der Waals surface area contributed by atoms with Gasteiger partial charge in [0, 0.05) is 10.1 Å². The Morgan fingerprint density at radius 1 is 1.39 bits per heavy atom. The summed E-state index contributed by atoms with van der Waals surface area (Å²) < 4.78 is 0. The molecule has 0 radical (unpaired) electrons. The van der Waals surface area contributed by atoms with E-state index in [1.807, 2.05) is 30.0 Å². The molecule has 96 valence electrons. The molecule has 0 heterocycles. The molecule has 0 saturated heterocycles. The van der Waals surface area contributed by atoms with Gasteiger partial charge in [-0.3, -0.25) is 4.79 Å². The van der Waals surface area contributed by atoms with Crippen molar-refractivity contribution in [2.24, 2.45) is 0 Å². The lowest BCUT2D eigenvalue weighted by molar-refractivity contribution is -0.147. The van der Waals surface area contributed by atoms with E-state index in [4.69, 9.17) is 11.6 Å². The maximum atomic E-state index is 11.4. The van der Waals surface area contributed by atoms with Crippen molar-refractivity contribution in [2.75, 3.05) is 0 Å². The fraction of sp³-hybridized carbons (Fsp3) is 0.500. The maximum Gasteiger partial charge on any atom is 0.314 e. The first-order valence-corrected chi connectivity index (χ1v) is 7.58. The van der Waals surface area contributed by atoms with Crippen molar-refractivity contribution in [2.45, 2.75) is 47.7 Å². The summed E-state index contributed by atoms with van der Waals surface area (Å²) in [7, 11) is 0. The highest BCUT2D eigenvalue weighted by Crippen LogP contribution is 2.47. The van der Waals surface area contributed by atoms with Crippen molar-refractivity contribution in [1.29, 1.82) is 0 Å². The molecule has 3 rings (SSSR count). The van der Waals surface area contributed by atoms with Gasteiger partial charge in [0.1, 0.15) is 0 Å². The molecule has 0 unspecified atom stereocenters. The average Bonchev–Trinajstić information content (AvgIpc) is 3.03. The van der Waals surface area contributed by atoms with Gasteiger partial charge in [-0.05, 0) is 43.4 Å². The first kappa shape index (κ1) is 12.4. The number of thioether (sulfide) groups is 1. The summed E-state index contributed by atoms with van der Waals surface area (Å²) in [5.74, 6) is -0.715. The standard InChI is InChI=1S/C14H15ClO2S/c15-11-8-9(14(13(16)17)6-1-7-14)2-5-12(11)18-10-3-4-10/h2,5,8,10H,1,3-4,6-7H2,(H,16,17). The topological polar surface area (TPSA) is 37.3 Å². The molecule has 4 heteroatoms. The van der Waals surface area contributed by atoms with E-state index in [1.165, 1.54) is 12.8 Å². The number of carboxylic acids is 1. The summed E-state index contributed by atoms with van der Waals surface area (Å²) >= 11 is 8.09. The number of benzene rings is 1.